The maximum absolute atomic E-state index is 12.9. The molecule has 1 aliphatic rings. The molecule has 0 unspecified atom stereocenters. The Bertz CT molecular complexity index is 1040. The molecule has 0 bridgehead atoms. The zero-order valence-corrected chi connectivity index (χ0v) is 18.9. The van der Waals surface area contributed by atoms with Gasteiger partial charge in [0, 0.05) is 38.1 Å². The number of nitrogens with one attached hydrogen (secondary N) is 1. The highest BCUT2D eigenvalue weighted by Gasteiger charge is 2.32. The number of carbonyl (C=O) groups excluding carboxylic acids is 1. The van der Waals surface area contributed by atoms with E-state index in [1.807, 2.05) is 11.8 Å². The first-order valence-corrected chi connectivity index (χ1v) is 11.7. The number of piperazine rings is 1. The molecule has 1 aromatic carbocycles. The SMILES string of the molecule is Cc1sc(N2CCN(S(=O)(=O)c3ccc(OC(F)(F)F)cc3)CC2)nc1CN(C)NC=O. The average molecular weight is 494 g/mol. The van der Waals surface area contributed by atoms with Crippen LogP contribution >= 0.6 is 11.3 Å². The summed E-state index contributed by atoms with van der Waals surface area (Å²) in [7, 11) is -2.13. The number of rotatable bonds is 8. The van der Waals surface area contributed by atoms with Crippen LogP contribution in [0.15, 0.2) is 29.2 Å². The lowest BCUT2D eigenvalue weighted by Crippen LogP contribution is -2.48. The molecule has 1 amide bonds. The van der Waals surface area contributed by atoms with E-state index in [9.17, 15) is 26.4 Å². The molecule has 0 saturated carbocycles. The van der Waals surface area contributed by atoms with Gasteiger partial charge in [-0.05, 0) is 31.2 Å². The molecular formula is C18H22F3N5O4S2. The Labute approximate surface area is 187 Å². The summed E-state index contributed by atoms with van der Waals surface area (Å²) in [6.45, 7) is 3.63. The first-order valence-electron chi connectivity index (χ1n) is 9.48. The third kappa shape index (κ3) is 5.88. The summed E-state index contributed by atoms with van der Waals surface area (Å²) < 4.78 is 67.7. The molecule has 176 valence electrons. The predicted octanol–water partition coefficient (Wildman–Crippen LogP) is 1.95. The number of aryl methyl sites for hydroxylation is 1. The van der Waals surface area contributed by atoms with Crippen molar-refractivity contribution >= 4 is 32.9 Å². The van der Waals surface area contributed by atoms with Gasteiger partial charge in [0.05, 0.1) is 17.1 Å². The van der Waals surface area contributed by atoms with E-state index >= 15 is 0 Å². The highest BCUT2D eigenvalue weighted by molar-refractivity contribution is 7.89. The summed E-state index contributed by atoms with van der Waals surface area (Å²) in [4.78, 5) is 18.0. The van der Waals surface area contributed by atoms with E-state index in [4.69, 9.17) is 0 Å². The van der Waals surface area contributed by atoms with Crippen molar-refractivity contribution in [2.75, 3.05) is 38.1 Å². The first-order chi connectivity index (χ1) is 15.0. The maximum Gasteiger partial charge on any atom is 0.573 e. The van der Waals surface area contributed by atoms with Gasteiger partial charge in [-0.2, -0.15) is 4.31 Å². The maximum atomic E-state index is 12.9. The molecule has 1 saturated heterocycles. The second-order valence-corrected chi connectivity index (χ2v) is 10.1. The number of ether oxygens (including phenoxy) is 1. The Hall–Kier alpha value is -2.42. The van der Waals surface area contributed by atoms with Crippen LogP contribution in [0.2, 0.25) is 0 Å². The van der Waals surface area contributed by atoms with Crippen LogP contribution in [0, 0.1) is 6.92 Å². The first kappa shape index (κ1) is 24.2. The number of amides is 1. The summed E-state index contributed by atoms with van der Waals surface area (Å²) in [5.74, 6) is -0.481. The number of thiazole rings is 1. The lowest BCUT2D eigenvalue weighted by Gasteiger charge is -2.33. The van der Waals surface area contributed by atoms with Crippen LogP contribution in [0.25, 0.3) is 0 Å². The number of sulfonamides is 1. The van der Waals surface area contributed by atoms with Crippen molar-refractivity contribution in [2.45, 2.75) is 24.7 Å². The van der Waals surface area contributed by atoms with Crippen LogP contribution < -0.4 is 15.1 Å². The second kappa shape index (κ2) is 9.60. The fourth-order valence-electron chi connectivity index (χ4n) is 3.14. The van der Waals surface area contributed by atoms with E-state index in [1.54, 1.807) is 12.1 Å². The summed E-state index contributed by atoms with van der Waals surface area (Å²) in [6.07, 6.45) is -4.26. The predicted molar refractivity (Wildman–Crippen MR) is 112 cm³/mol. The van der Waals surface area contributed by atoms with Crippen LogP contribution in [0.1, 0.15) is 10.6 Å². The molecular weight excluding hydrogens is 471 g/mol. The van der Waals surface area contributed by atoms with E-state index in [0.29, 0.717) is 26.0 Å². The van der Waals surface area contributed by atoms with Gasteiger partial charge in [-0.25, -0.2) is 18.4 Å². The molecule has 0 radical (unpaired) electrons. The van der Waals surface area contributed by atoms with E-state index in [1.165, 1.54) is 15.6 Å². The molecule has 3 rings (SSSR count). The van der Waals surface area contributed by atoms with E-state index in [0.717, 1.165) is 40.0 Å². The molecule has 1 fully saturated rings. The number of benzene rings is 1. The van der Waals surface area contributed by atoms with Crippen LogP contribution in [0.3, 0.4) is 0 Å². The fraction of sp³-hybridized carbons (Fsp3) is 0.444. The molecule has 0 atom stereocenters. The minimum Gasteiger partial charge on any atom is -0.406 e. The topological polar surface area (TPSA) is 95.1 Å². The number of halogens is 3. The molecule has 1 aromatic heterocycles. The van der Waals surface area contributed by atoms with E-state index in [-0.39, 0.29) is 18.0 Å². The molecule has 0 spiro atoms. The number of alkyl halides is 3. The lowest BCUT2D eigenvalue weighted by molar-refractivity contribution is -0.274. The van der Waals surface area contributed by atoms with Crippen molar-refractivity contribution in [1.82, 2.24) is 19.7 Å². The second-order valence-electron chi connectivity index (χ2n) is 7.01. The van der Waals surface area contributed by atoms with Crippen LogP contribution in [0.4, 0.5) is 18.3 Å². The molecule has 0 aliphatic carbocycles. The number of nitrogens with zero attached hydrogens (tertiary/aromatic N) is 4. The summed E-state index contributed by atoms with van der Waals surface area (Å²) in [6, 6.07) is 4.16. The van der Waals surface area contributed by atoms with Crippen LogP contribution in [0.5, 0.6) is 5.75 Å². The van der Waals surface area contributed by atoms with Gasteiger partial charge in [0.15, 0.2) is 5.13 Å². The number of hydrogen-bond acceptors (Lipinski definition) is 8. The standard InChI is InChI=1S/C18H22F3N5O4S2/c1-13-16(11-24(2)22-12-27)23-17(31-13)25-7-9-26(10-8-25)32(28,29)15-5-3-14(4-6-15)30-18(19,20)21/h3-6,12H,7-11H2,1-2H3,(H,22,27). The van der Waals surface area contributed by atoms with Crippen molar-refractivity contribution in [3.63, 3.8) is 0 Å². The van der Waals surface area contributed by atoms with Gasteiger partial charge in [0.25, 0.3) is 0 Å². The molecule has 1 aliphatic heterocycles. The van der Waals surface area contributed by atoms with Gasteiger partial charge in [-0.15, -0.1) is 24.5 Å². The Morgan fingerprint density at radius 1 is 1.22 bits per heavy atom. The fourth-order valence-corrected chi connectivity index (χ4v) is 5.53. The zero-order chi connectivity index (χ0) is 23.5. The van der Waals surface area contributed by atoms with E-state index < -0.39 is 22.1 Å². The number of carbonyl (C=O) groups is 1. The number of hydrazine groups is 1. The normalized spacial score (nSPS) is 15.8. The lowest BCUT2D eigenvalue weighted by atomic mass is 10.3. The van der Waals surface area contributed by atoms with Gasteiger partial charge in [0.1, 0.15) is 5.75 Å². The molecule has 1 N–H and O–H groups in total. The quantitative estimate of drug-likeness (QED) is 0.444. The molecule has 32 heavy (non-hydrogen) atoms. The van der Waals surface area contributed by atoms with Crippen molar-refractivity contribution in [1.29, 1.82) is 0 Å². The van der Waals surface area contributed by atoms with Gasteiger partial charge in [-0.3, -0.25) is 10.2 Å². The Morgan fingerprint density at radius 3 is 2.41 bits per heavy atom. The minimum absolute atomic E-state index is 0.0985. The van der Waals surface area contributed by atoms with Crippen molar-refractivity contribution < 1.29 is 31.1 Å². The third-order valence-corrected chi connectivity index (χ3v) is 7.73. The van der Waals surface area contributed by atoms with Gasteiger partial charge in [-0.1, -0.05) is 0 Å². The molecule has 2 heterocycles. The van der Waals surface area contributed by atoms with Crippen molar-refractivity contribution in [3.05, 3.63) is 34.8 Å². The summed E-state index contributed by atoms with van der Waals surface area (Å²) >= 11 is 1.49. The van der Waals surface area contributed by atoms with Crippen LogP contribution in [-0.4, -0.2) is 68.7 Å². The Morgan fingerprint density at radius 2 is 1.84 bits per heavy atom. The minimum atomic E-state index is -4.84. The number of anilines is 1. The van der Waals surface area contributed by atoms with Gasteiger partial charge < -0.3 is 9.64 Å². The number of hydrogen-bond donors (Lipinski definition) is 1. The average Bonchev–Trinajstić information content (AvgIpc) is 3.08. The Kier molecular flexibility index (Phi) is 7.27. The van der Waals surface area contributed by atoms with E-state index in [2.05, 4.69) is 15.1 Å². The largest absolute Gasteiger partial charge is 0.573 e. The van der Waals surface area contributed by atoms with Crippen molar-refractivity contribution in [2.24, 2.45) is 0 Å². The molecule has 9 nitrogen and oxygen atoms in total. The van der Waals surface area contributed by atoms with Crippen LogP contribution in [-0.2, 0) is 21.4 Å². The summed E-state index contributed by atoms with van der Waals surface area (Å²) in [5, 5.41) is 2.37. The highest BCUT2D eigenvalue weighted by atomic mass is 32.2. The van der Waals surface area contributed by atoms with Gasteiger partial charge >= 0.3 is 6.36 Å². The molecule has 14 heteroatoms. The third-order valence-electron chi connectivity index (χ3n) is 4.75. The zero-order valence-electron chi connectivity index (χ0n) is 17.3. The van der Waals surface area contributed by atoms with Gasteiger partial charge in [0.2, 0.25) is 16.4 Å². The Balaban J connectivity index is 1.63. The number of aromatic nitrogens is 1. The molecule has 2 aromatic rings. The smallest absolute Gasteiger partial charge is 0.406 e. The summed E-state index contributed by atoms with van der Waals surface area (Å²) in [5.41, 5.74) is 3.35. The van der Waals surface area contributed by atoms with Crippen molar-refractivity contribution in [3.8, 4) is 5.75 Å². The monoisotopic (exact) mass is 493 g/mol. The highest BCUT2D eigenvalue weighted by Crippen LogP contribution is 2.29.